The van der Waals surface area contributed by atoms with Gasteiger partial charge < -0.3 is 15.1 Å². The molecular weight excluding hydrogens is 314 g/mol. The third-order valence-electron chi connectivity index (χ3n) is 4.63. The Morgan fingerprint density at radius 2 is 1.84 bits per heavy atom. The van der Waals surface area contributed by atoms with E-state index in [1.807, 2.05) is 62.2 Å². The molecule has 2 heterocycles. The molecule has 0 unspecified atom stereocenters. The SMILES string of the molecule is Cc1cc(N2CCC(N(C)C(=O)Nc3ccccc3)CC2)nc(C)n1. The van der Waals surface area contributed by atoms with Crippen molar-refractivity contribution in [3.63, 3.8) is 0 Å². The molecule has 2 amide bonds. The fraction of sp³-hybridized carbons (Fsp3) is 0.421. The van der Waals surface area contributed by atoms with Gasteiger partial charge in [0.25, 0.3) is 0 Å². The summed E-state index contributed by atoms with van der Waals surface area (Å²) in [6.07, 6.45) is 1.86. The van der Waals surface area contributed by atoms with E-state index >= 15 is 0 Å². The number of aromatic nitrogens is 2. The molecule has 0 spiro atoms. The topological polar surface area (TPSA) is 61.4 Å². The summed E-state index contributed by atoms with van der Waals surface area (Å²) in [5.41, 5.74) is 1.81. The molecule has 0 aliphatic carbocycles. The largest absolute Gasteiger partial charge is 0.356 e. The maximum atomic E-state index is 12.4. The number of aryl methyl sites for hydroxylation is 2. The predicted molar refractivity (Wildman–Crippen MR) is 100.0 cm³/mol. The highest BCUT2D eigenvalue weighted by Crippen LogP contribution is 2.21. The number of hydrogen-bond donors (Lipinski definition) is 1. The number of nitrogens with zero attached hydrogens (tertiary/aromatic N) is 4. The highest BCUT2D eigenvalue weighted by Gasteiger charge is 2.26. The minimum absolute atomic E-state index is 0.0571. The lowest BCUT2D eigenvalue weighted by Gasteiger charge is -2.37. The van der Waals surface area contributed by atoms with Crippen LogP contribution in [0.5, 0.6) is 0 Å². The minimum Gasteiger partial charge on any atom is -0.356 e. The quantitative estimate of drug-likeness (QED) is 0.933. The number of nitrogens with one attached hydrogen (secondary N) is 1. The molecule has 3 rings (SSSR count). The Morgan fingerprint density at radius 3 is 2.48 bits per heavy atom. The van der Waals surface area contributed by atoms with Crippen LogP contribution < -0.4 is 10.2 Å². The van der Waals surface area contributed by atoms with Gasteiger partial charge in [-0.05, 0) is 38.8 Å². The van der Waals surface area contributed by atoms with Crippen molar-refractivity contribution in [2.24, 2.45) is 0 Å². The third-order valence-corrected chi connectivity index (χ3v) is 4.63. The summed E-state index contributed by atoms with van der Waals surface area (Å²) >= 11 is 0. The van der Waals surface area contributed by atoms with E-state index in [0.29, 0.717) is 0 Å². The van der Waals surface area contributed by atoms with Crippen LogP contribution in [0.1, 0.15) is 24.4 Å². The zero-order valence-electron chi connectivity index (χ0n) is 15.1. The minimum atomic E-state index is -0.0571. The van der Waals surface area contributed by atoms with Crippen molar-refractivity contribution in [1.82, 2.24) is 14.9 Å². The molecule has 1 aliphatic heterocycles. The zero-order chi connectivity index (χ0) is 17.8. The first-order chi connectivity index (χ1) is 12.0. The Kier molecular flexibility index (Phi) is 5.16. The molecule has 1 N–H and O–H groups in total. The second kappa shape index (κ2) is 7.51. The van der Waals surface area contributed by atoms with Gasteiger partial charge in [-0.2, -0.15) is 0 Å². The number of anilines is 2. The second-order valence-corrected chi connectivity index (χ2v) is 6.54. The van der Waals surface area contributed by atoms with E-state index in [-0.39, 0.29) is 12.1 Å². The summed E-state index contributed by atoms with van der Waals surface area (Å²) in [7, 11) is 1.87. The Hall–Kier alpha value is -2.63. The number of rotatable bonds is 3. The van der Waals surface area contributed by atoms with E-state index < -0.39 is 0 Å². The predicted octanol–water partition coefficient (Wildman–Crippen LogP) is 3.23. The molecule has 1 aromatic carbocycles. The molecule has 1 fully saturated rings. The average molecular weight is 339 g/mol. The van der Waals surface area contributed by atoms with Gasteiger partial charge in [-0.1, -0.05) is 18.2 Å². The van der Waals surface area contributed by atoms with Crippen LogP contribution in [-0.4, -0.2) is 47.1 Å². The molecule has 132 valence electrons. The number of carbonyl (C=O) groups is 1. The summed E-state index contributed by atoms with van der Waals surface area (Å²) in [6.45, 7) is 5.70. The van der Waals surface area contributed by atoms with Gasteiger partial charge in [-0.3, -0.25) is 0 Å². The molecule has 25 heavy (non-hydrogen) atoms. The molecule has 6 nitrogen and oxygen atoms in total. The maximum absolute atomic E-state index is 12.4. The first kappa shape index (κ1) is 17.2. The van der Waals surface area contributed by atoms with Crippen LogP contribution in [0.15, 0.2) is 36.4 Å². The van der Waals surface area contributed by atoms with E-state index in [1.54, 1.807) is 0 Å². The molecular formula is C19H25N5O. The first-order valence-electron chi connectivity index (χ1n) is 8.69. The molecule has 2 aromatic rings. The fourth-order valence-electron chi connectivity index (χ4n) is 3.24. The second-order valence-electron chi connectivity index (χ2n) is 6.54. The Morgan fingerprint density at radius 1 is 1.16 bits per heavy atom. The maximum Gasteiger partial charge on any atom is 0.321 e. The van der Waals surface area contributed by atoms with Crippen molar-refractivity contribution in [1.29, 1.82) is 0 Å². The summed E-state index contributed by atoms with van der Waals surface area (Å²) < 4.78 is 0. The van der Waals surface area contributed by atoms with E-state index in [2.05, 4.69) is 20.2 Å². The molecule has 1 saturated heterocycles. The van der Waals surface area contributed by atoms with Gasteiger partial charge in [0, 0.05) is 43.6 Å². The van der Waals surface area contributed by atoms with Gasteiger partial charge in [0.15, 0.2) is 0 Å². The number of amides is 2. The number of urea groups is 1. The van der Waals surface area contributed by atoms with Gasteiger partial charge in [0.05, 0.1) is 0 Å². The summed E-state index contributed by atoms with van der Waals surface area (Å²) in [4.78, 5) is 25.4. The highest BCUT2D eigenvalue weighted by atomic mass is 16.2. The molecule has 0 saturated carbocycles. The van der Waals surface area contributed by atoms with Crippen LogP contribution in [0.25, 0.3) is 0 Å². The third kappa shape index (κ3) is 4.26. The van der Waals surface area contributed by atoms with Crippen molar-refractivity contribution in [2.45, 2.75) is 32.7 Å². The van der Waals surface area contributed by atoms with Crippen molar-refractivity contribution >= 4 is 17.5 Å². The summed E-state index contributed by atoms with van der Waals surface area (Å²) in [5.74, 6) is 1.79. The molecule has 0 atom stereocenters. The van der Waals surface area contributed by atoms with Crippen LogP contribution in [-0.2, 0) is 0 Å². The number of piperidine rings is 1. The lowest BCUT2D eigenvalue weighted by Crippen LogP contribution is -2.47. The van der Waals surface area contributed by atoms with Crippen molar-refractivity contribution < 1.29 is 4.79 Å². The normalized spacial score (nSPS) is 15.1. The standard InChI is InChI=1S/C19H25N5O/c1-14-13-18(21-15(2)20-14)24-11-9-17(10-12-24)23(3)19(25)22-16-7-5-4-6-8-16/h4-8,13,17H,9-12H2,1-3H3,(H,22,25). The Balaban J connectivity index is 1.57. The van der Waals surface area contributed by atoms with Crippen LogP contribution in [0, 0.1) is 13.8 Å². The highest BCUT2D eigenvalue weighted by molar-refractivity contribution is 5.89. The van der Waals surface area contributed by atoms with E-state index in [0.717, 1.165) is 49.0 Å². The molecule has 0 bridgehead atoms. The lowest BCUT2D eigenvalue weighted by molar-refractivity contribution is 0.193. The van der Waals surface area contributed by atoms with Gasteiger partial charge in [-0.25, -0.2) is 14.8 Å². The van der Waals surface area contributed by atoms with E-state index in [9.17, 15) is 4.79 Å². The van der Waals surface area contributed by atoms with Crippen molar-refractivity contribution in [3.8, 4) is 0 Å². The lowest BCUT2D eigenvalue weighted by atomic mass is 10.0. The van der Waals surface area contributed by atoms with Crippen LogP contribution in [0.2, 0.25) is 0 Å². The summed E-state index contributed by atoms with van der Waals surface area (Å²) in [5, 5.41) is 2.95. The van der Waals surface area contributed by atoms with Crippen molar-refractivity contribution in [3.05, 3.63) is 47.9 Å². The van der Waals surface area contributed by atoms with Gasteiger partial charge in [0.2, 0.25) is 0 Å². The van der Waals surface area contributed by atoms with Crippen molar-refractivity contribution in [2.75, 3.05) is 30.4 Å². The smallest absolute Gasteiger partial charge is 0.321 e. The van der Waals surface area contributed by atoms with Crippen LogP contribution in [0.3, 0.4) is 0 Å². The molecule has 1 aliphatic rings. The number of hydrogen-bond acceptors (Lipinski definition) is 4. The number of benzene rings is 1. The van der Waals surface area contributed by atoms with E-state index in [1.165, 1.54) is 0 Å². The number of carbonyl (C=O) groups excluding carboxylic acids is 1. The molecule has 6 heteroatoms. The first-order valence-corrected chi connectivity index (χ1v) is 8.69. The van der Waals surface area contributed by atoms with Gasteiger partial charge in [-0.15, -0.1) is 0 Å². The van der Waals surface area contributed by atoms with Gasteiger partial charge >= 0.3 is 6.03 Å². The number of para-hydroxylation sites is 1. The fourth-order valence-corrected chi connectivity index (χ4v) is 3.24. The van der Waals surface area contributed by atoms with Crippen LogP contribution in [0.4, 0.5) is 16.3 Å². The Bertz CT molecular complexity index is 706. The molecule has 0 radical (unpaired) electrons. The van der Waals surface area contributed by atoms with E-state index in [4.69, 9.17) is 0 Å². The monoisotopic (exact) mass is 339 g/mol. The van der Waals surface area contributed by atoms with Crippen LogP contribution >= 0.6 is 0 Å². The average Bonchev–Trinajstić information content (AvgIpc) is 2.61. The Labute approximate surface area is 148 Å². The summed E-state index contributed by atoms with van der Waals surface area (Å²) in [6, 6.07) is 11.8. The zero-order valence-corrected chi connectivity index (χ0v) is 15.1. The molecule has 1 aromatic heterocycles. The van der Waals surface area contributed by atoms with Gasteiger partial charge in [0.1, 0.15) is 11.6 Å².